The van der Waals surface area contributed by atoms with Crippen molar-refractivity contribution in [3.05, 3.63) is 36.4 Å². The van der Waals surface area contributed by atoms with Gasteiger partial charge in [-0.25, -0.2) is 0 Å². The summed E-state index contributed by atoms with van der Waals surface area (Å²) in [7, 11) is 3.93. The largest absolute Gasteiger partial charge is 0.368 e. The molecule has 1 amide bonds. The highest BCUT2D eigenvalue weighted by Gasteiger charge is 2.25. The predicted octanol–water partition coefficient (Wildman–Crippen LogP) is 0.494. The first kappa shape index (κ1) is 14.6. The molecule has 1 aromatic heterocycles. The molecule has 6 nitrogen and oxygen atoms in total. The molecular formula is C14H20N4O2. The van der Waals surface area contributed by atoms with E-state index in [1.165, 1.54) is 0 Å². The van der Waals surface area contributed by atoms with Crippen molar-refractivity contribution >= 4 is 5.91 Å². The minimum Gasteiger partial charge on any atom is -0.368 e. The molecule has 1 aliphatic rings. The van der Waals surface area contributed by atoms with Gasteiger partial charge in [-0.2, -0.15) is 0 Å². The summed E-state index contributed by atoms with van der Waals surface area (Å²) in [4.78, 5) is 24.1. The van der Waals surface area contributed by atoms with Gasteiger partial charge in [0, 0.05) is 31.6 Å². The number of morpholine rings is 1. The lowest BCUT2D eigenvalue weighted by molar-refractivity contribution is -0.133. The van der Waals surface area contributed by atoms with E-state index in [-0.39, 0.29) is 12.0 Å². The van der Waals surface area contributed by atoms with Gasteiger partial charge in [-0.15, -0.1) is 0 Å². The molecule has 1 saturated heterocycles. The molecule has 2 rings (SSSR count). The summed E-state index contributed by atoms with van der Waals surface area (Å²) < 4.78 is 5.66. The normalized spacial score (nSPS) is 19.8. The number of likely N-dealkylation sites (N-methyl/N-ethyl adjacent to an activating group) is 1. The summed E-state index contributed by atoms with van der Waals surface area (Å²) in [5.41, 5.74) is 0.766. The standard InChI is InChI=1S/C14H20N4O2/c1-17(2)7-3-4-14(19)18-8-9-20-13(11-18)12-10-15-5-6-16-12/h3-6,10,13H,7-9,11H2,1-2H3/b4-3+. The van der Waals surface area contributed by atoms with Crippen LogP contribution in [-0.4, -0.2) is 66.0 Å². The third kappa shape index (κ3) is 4.11. The monoisotopic (exact) mass is 276 g/mol. The van der Waals surface area contributed by atoms with Gasteiger partial charge in [0.1, 0.15) is 6.10 Å². The summed E-state index contributed by atoms with van der Waals surface area (Å²) in [5.74, 6) is 0.0176. The molecule has 0 N–H and O–H groups in total. The zero-order valence-corrected chi connectivity index (χ0v) is 11.9. The quantitative estimate of drug-likeness (QED) is 0.749. The van der Waals surface area contributed by atoms with E-state index in [4.69, 9.17) is 4.74 Å². The molecule has 0 bridgehead atoms. The fourth-order valence-corrected chi connectivity index (χ4v) is 1.98. The maximum absolute atomic E-state index is 12.1. The first-order chi connectivity index (χ1) is 9.66. The Morgan fingerprint density at radius 3 is 3.10 bits per heavy atom. The molecule has 108 valence electrons. The Labute approximate surface area is 119 Å². The van der Waals surface area contributed by atoms with E-state index < -0.39 is 0 Å². The lowest BCUT2D eigenvalue weighted by atomic mass is 10.2. The Kier molecular flexibility index (Phi) is 5.20. The lowest BCUT2D eigenvalue weighted by Gasteiger charge is -2.31. The van der Waals surface area contributed by atoms with Gasteiger partial charge in [0.05, 0.1) is 25.0 Å². The number of carbonyl (C=O) groups excluding carboxylic acids is 1. The molecule has 1 unspecified atom stereocenters. The summed E-state index contributed by atoms with van der Waals surface area (Å²) in [5, 5.41) is 0. The van der Waals surface area contributed by atoms with E-state index in [1.807, 2.05) is 25.1 Å². The molecule has 1 fully saturated rings. The van der Waals surface area contributed by atoms with Crippen LogP contribution in [0.25, 0.3) is 0 Å². The van der Waals surface area contributed by atoms with Crippen molar-refractivity contribution in [1.29, 1.82) is 0 Å². The number of ether oxygens (including phenoxy) is 1. The van der Waals surface area contributed by atoms with Gasteiger partial charge in [0.2, 0.25) is 5.91 Å². The van der Waals surface area contributed by atoms with E-state index in [0.717, 1.165) is 12.2 Å². The van der Waals surface area contributed by atoms with Gasteiger partial charge in [0.15, 0.2) is 0 Å². The second-order valence-corrected chi connectivity index (χ2v) is 4.94. The minimum atomic E-state index is -0.191. The zero-order valence-electron chi connectivity index (χ0n) is 11.9. The smallest absolute Gasteiger partial charge is 0.246 e. The van der Waals surface area contributed by atoms with Crippen molar-refractivity contribution in [3.8, 4) is 0 Å². The Hall–Kier alpha value is -1.79. The Morgan fingerprint density at radius 2 is 2.40 bits per heavy atom. The van der Waals surface area contributed by atoms with Crippen LogP contribution < -0.4 is 0 Å². The van der Waals surface area contributed by atoms with Crippen LogP contribution in [0.4, 0.5) is 0 Å². The van der Waals surface area contributed by atoms with Crippen molar-refractivity contribution in [2.75, 3.05) is 40.3 Å². The van der Waals surface area contributed by atoms with Gasteiger partial charge < -0.3 is 14.5 Å². The van der Waals surface area contributed by atoms with Gasteiger partial charge >= 0.3 is 0 Å². The van der Waals surface area contributed by atoms with Crippen LogP contribution in [0.2, 0.25) is 0 Å². The highest BCUT2D eigenvalue weighted by Crippen LogP contribution is 2.19. The first-order valence-electron chi connectivity index (χ1n) is 6.64. The average Bonchev–Trinajstić information content (AvgIpc) is 2.48. The highest BCUT2D eigenvalue weighted by atomic mass is 16.5. The zero-order chi connectivity index (χ0) is 14.4. The third-order valence-corrected chi connectivity index (χ3v) is 3.02. The Balaban J connectivity index is 1.93. The molecule has 1 atom stereocenters. The van der Waals surface area contributed by atoms with Crippen LogP contribution in [-0.2, 0) is 9.53 Å². The summed E-state index contributed by atoms with van der Waals surface area (Å²) in [6, 6.07) is 0. The number of carbonyl (C=O) groups is 1. The summed E-state index contributed by atoms with van der Waals surface area (Å²) in [6.45, 7) is 2.41. The van der Waals surface area contributed by atoms with Gasteiger partial charge in [-0.1, -0.05) is 6.08 Å². The Morgan fingerprint density at radius 1 is 1.55 bits per heavy atom. The second-order valence-electron chi connectivity index (χ2n) is 4.94. The molecule has 0 spiro atoms. The van der Waals surface area contributed by atoms with Crippen LogP contribution in [0, 0.1) is 0 Å². The van der Waals surface area contributed by atoms with Crippen LogP contribution >= 0.6 is 0 Å². The van der Waals surface area contributed by atoms with Gasteiger partial charge in [-0.05, 0) is 14.1 Å². The summed E-state index contributed by atoms with van der Waals surface area (Å²) in [6.07, 6.45) is 8.24. The maximum Gasteiger partial charge on any atom is 0.246 e. The minimum absolute atomic E-state index is 0.0176. The van der Waals surface area contributed by atoms with E-state index in [1.54, 1.807) is 29.6 Å². The SMILES string of the molecule is CN(C)C/C=C/C(=O)N1CCOC(c2cnccn2)C1. The molecule has 0 aromatic carbocycles. The highest BCUT2D eigenvalue weighted by molar-refractivity contribution is 5.87. The molecule has 1 aliphatic heterocycles. The van der Waals surface area contributed by atoms with Crippen LogP contribution in [0.1, 0.15) is 11.8 Å². The fourth-order valence-electron chi connectivity index (χ4n) is 1.98. The lowest BCUT2D eigenvalue weighted by Crippen LogP contribution is -2.41. The molecule has 0 saturated carbocycles. The number of hydrogen-bond acceptors (Lipinski definition) is 5. The fraction of sp³-hybridized carbons (Fsp3) is 0.500. The van der Waals surface area contributed by atoms with E-state index in [0.29, 0.717) is 19.7 Å². The van der Waals surface area contributed by atoms with Crippen molar-refractivity contribution < 1.29 is 9.53 Å². The van der Waals surface area contributed by atoms with Crippen LogP contribution in [0.15, 0.2) is 30.7 Å². The van der Waals surface area contributed by atoms with Crippen molar-refractivity contribution in [3.63, 3.8) is 0 Å². The first-order valence-corrected chi connectivity index (χ1v) is 6.64. The third-order valence-electron chi connectivity index (χ3n) is 3.02. The second kappa shape index (κ2) is 7.12. The number of rotatable bonds is 4. The summed E-state index contributed by atoms with van der Waals surface area (Å²) >= 11 is 0. The maximum atomic E-state index is 12.1. The molecule has 0 radical (unpaired) electrons. The predicted molar refractivity (Wildman–Crippen MR) is 75.0 cm³/mol. The molecule has 6 heteroatoms. The molecule has 20 heavy (non-hydrogen) atoms. The van der Waals surface area contributed by atoms with Crippen LogP contribution in [0.3, 0.4) is 0 Å². The molecule has 2 heterocycles. The van der Waals surface area contributed by atoms with E-state index >= 15 is 0 Å². The van der Waals surface area contributed by atoms with Gasteiger partial charge in [-0.3, -0.25) is 14.8 Å². The molecule has 1 aromatic rings. The van der Waals surface area contributed by atoms with Crippen molar-refractivity contribution in [2.45, 2.75) is 6.10 Å². The number of aromatic nitrogens is 2. The van der Waals surface area contributed by atoms with Crippen LogP contribution in [0.5, 0.6) is 0 Å². The molecular weight excluding hydrogens is 256 g/mol. The number of nitrogens with zero attached hydrogens (tertiary/aromatic N) is 4. The van der Waals surface area contributed by atoms with Gasteiger partial charge in [0.25, 0.3) is 0 Å². The Bertz CT molecular complexity index is 462. The number of hydrogen-bond donors (Lipinski definition) is 0. The topological polar surface area (TPSA) is 58.6 Å². The van der Waals surface area contributed by atoms with E-state index in [2.05, 4.69) is 9.97 Å². The molecule has 0 aliphatic carbocycles. The van der Waals surface area contributed by atoms with Crippen molar-refractivity contribution in [2.24, 2.45) is 0 Å². The average molecular weight is 276 g/mol. The number of amides is 1. The van der Waals surface area contributed by atoms with E-state index in [9.17, 15) is 4.79 Å². The van der Waals surface area contributed by atoms with Crippen molar-refractivity contribution in [1.82, 2.24) is 19.8 Å².